The van der Waals surface area contributed by atoms with E-state index in [-0.39, 0.29) is 5.91 Å². The zero-order valence-corrected chi connectivity index (χ0v) is 11.3. The van der Waals surface area contributed by atoms with Gasteiger partial charge in [-0.3, -0.25) is 4.79 Å². The Kier molecular flexibility index (Phi) is 2.76. The highest BCUT2D eigenvalue weighted by Crippen LogP contribution is 2.45. The zero-order valence-electron chi connectivity index (χ0n) is 10.5. The average Bonchev–Trinajstić information content (AvgIpc) is 2.76. The van der Waals surface area contributed by atoms with Crippen molar-refractivity contribution in [3.8, 4) is 6.07 Å². The minimum atomic E-state index is -0.850. The molecule has 0 atom stereocenters. The summed E-state index contributed by atoms with van der Waals surface area (Å²) in [4.78, 5) is 16.6. The average molecular weight is 271 g/mol. The second-order valence-electron chi connectivity index (χ2n) is 5.15. The van der Waals surface area contributed by atoms with E-state index in [1.165, 1.54) is 11.3 Å². The van der Waals surface area contributed by atoms with Crippen molar-refractivity contribution in [1.82, 2.24) is 4.98 Å². The lowest BCUT2D eigenvalue weighted by atomic mass is 9.63. The number of fused-ring (bicyclic) bond motifs is 1. The Morgan fingerprint density at radius 3 is 2.89 bits per heavy atom. The van der Waals surface area contributed by atoms with E-state index in [9.17, 15) is 10.1 Å². The molecule has 1 amide bonds. The SMILES string of the molecule is CC1CC(C#N)(C(=O)Nc2nc3ccccc3s2)C1. The molecule has 1 aromatic carbocycles. The van der Waals surface area contributed by atoms with Crippen LogP contribution in [0, 0.1) is 22.7 Å². The summed E-state index contributed by atoms with van der Waals surface area (Å²) >= 11 is 1.44. The largest absolute Gasteiger partial charge is 0.301 e. The van der Waals surface area contributed by atoms with Crippen LogP contribution in [0.3, 0.4) is 0 Å². The van der Waals surface area contributed by atoms with E-state index in [0.29, 0.717) is 23.9 Å². The molecule has 0 saturated heterocycles. The van der Waals surface area contributed by atoms with Gasteiger partial charge in [0.15, 0.2) is 5.13 Å². The Bertz CT molecular complexity index is 646. The number of nitrogens with one attached hydrogen (secondary N) is 1. The van der Waals surface area contributed by atoms with Crippen LogP contribution in [0.2, 0.25) is 0 Å². The first-order valence-electron chi connectivity index (χ1n) is 6.21. The van der Waals surface area contributed by atoms with Gasteiger partial charge in [-0.25, -0.2) is 4.98 Å². The third kappa shape index (κ3) is 1.98. The Balaban J connectivity index is 1.81. The van der Waals surface area contributed by atoms with Crippen LogP contribution in [0.25, 0.3) is 10.2 Å². The number of para-hydroxylation sites is 1. The molecular formula is C14H13N3OS. The molecule has 1 saturated carbocycles. The summed E-state index contributed by atoms with van der Waals surface area (Å²) in [5, 5.41) is 12.6. The van der Waals surface area contributed by atoms with Gasteiger partial charge < -0.3 is 5.32 Å². The lowest BCUT2D eigenvalue weighted by Crippen LogP contribution is -2.45. The maximum absolute atomic E-state index is 12.2. The summed E-state index contributed by atoms with van der Waals surface area (Å²) in [6.07, 6.45) is 1.28. The van der Waals surface area contributed by atoms with Crippen LogP contribution < -0.4 is 5.32 Å². The molecule has 4 nitrogen and oxygen atoms in total. The smallest absolute Gasteiger partial charge is 0.246 e. The number of nitrogens with zero attached hydrogens (tertiary/aromatic N) is 2. The molecule has 96 valence electrons. The molecule has 1 aliphatic rings. The molecule has 5 heteroatoms. The molecular weight excluding hydrogens is 258 g/mol. The number of thiazole rings is 1. The summed E-state index contributed by atoms with van der Waals surface area (Å²) in [6.45, 7) is 2.06. The fourth-order valence-electron chi connectivity index (χ4n) is 2.60. The number of amides is 1. The second-order valence-corrected chi connectivity index (χ2v) is 6.18. The molecule has 2 aromatic rings. The monoisotopic (exact) mass is 271 g/mol. The lowest BCUT2D eigenvalue weighted by Gasteiger charge is -2.38. The van der Waals surface area contributed by atoms with Crippen molar-refractivity contribution in [3.63, 3.8) is 0 Å². The molecule has 0 aliphatic heterocycles. The van der Waals surface area contributed by atoms with Crippen LogP contribution in [-0.4, -0.2) is 10.9 Å². The van der Waals surface area contributed by atoms with Crippen LogP contribution in [-0.2, 0) is 4.79 Å². The van der Waals surface area contributed by atoms with Crippen molar-refractivity contribution in [2.24, 2.45) is 11.3 Å². The molecule has 19 heavy (non-hydrogen) atoms. The highest BCUT2D eigenvalue weighted by atomic mass is 32.1. The van der Waals surface area contributed by atoms with Crippen LogP contribution in [0.1, 0.15) is 19.8 Å². The molecule has 0 unspecified atom stereocenters. The van der Waals surface area contributed by atoms with Gasteiger partial charge in [-0.05, 0) is 30.9 Å². The molecule has 0 bridgehead atoms. The number of carbonyl (C=O) groups excluding carboxylic acids is 1. The molecule has 0 radical (unpaired) electrons. The zero-order chi connectivity index (χ0) is 13.5. The minimum Gasteiger partial charge on any atom is -0.301 e. The van der Waals surface area contributed by atoms with Crippen molar-refractivity contribution in [3.05, 3.63) is 24.3 Å². The number of anilines is 1. The van der Waals surface area contributed by atoms with Gasteiger partial charge in [0, 0.05) is 0 Å². The number of rotatable bonds is 2. The van der Waals surface area contributed by atoms with Gasteiger partial charge in [-0.15, -0.1) is 0 Å². The third-order valence-electron chi connectivity index (χ3n) is 3.56. The van der Waals surface area contributed by atoms with Crippen LogP contribution in [0.15, 0.2) is 24.3 Å². The van der Waals surface area contributed by atoms with E-state index in [4.69, 9.17) is 0 Å². The first-order valence-corrected chi connectivity index (χ1v) is 7.03. The van der Waals surface area contributed by atoms with E-state index in [2.05, 4.69) is 23.3 Å². The first-order chi connectivity index (χ1) is 9.13. The second kappa shape index (κ2) is 4.32. The van der Waals surface area contributed by atoms with Crippen molar-refractivity contribution in [2.45, 2.75) is 19.8 Å². The van der Waals surface area contributed by atoms with Gasteiger partial charge in [0.05, 0.1) is 16.3 Å². The van der Waals surface area contributed by atoms with Gasteiger partial charge in [-0.1, -0.05) is 30.4 Å². The first kappa shape index (κ1) is 12.1. The number of hydrogen-bond donors (Lipinski definition) is 1. The minimum absolute atomic E-state index is 0.216. The van der Waals surface area contributed by atoms with Gasteiger partial charge in [-0.2, -0.15) is 5.26 Å². The predicted molar refractivity (Wildman–Crippen MR) is 74.7 cm³/mol. The van der Waals surface area contributed by atoms with E-state index in [1.807, 2.05) is 24.3 Å². The summed E-state index contributed by atoms with van der Waals surface area (Å²) in [7, 11) is 0. The van der Waals surface area contributed by atoms with Crippen molar-refractivity contribution in [1.29, 1.82) is 5.26 Å². The summed E-state index contributed by atoms with van der Waals surface area (Å²) < 4.78 is 1.03. The maximum Gasteiger partial charge on any atom is 0.246 e. The number of nitriles is 1. The fourth-order valence-corrected chi connectivity index (χ4v) is 3.46. The van der Waals surface area contributed by atoms with E-state index < -0.39 is 5.41 Å². The third-order valence-corrected chi connectivity index (χ3v) is 4.51. The molecule has 0 spiro atoms. The quantitative estimate of drug-likeness (QED) is 0.912. The Hall–Kier alpha value is -1.93. The van der Waals surface area contributed by atoms with Gasteiger partial charge in [0.2, 0.25) is 5.91 Å². The predicted octanol–water partition coefficient (Wildman–Crippen LogP) is 3.17. The molecule has 1 heterocycles. The van der Waals surface area contributed by atoms with Gasteiger partial charge >= 0.3 is 0 Å². The summed E-state index contributed by atoms with van der Waals surface area (Å²) in [5.74, 6) is 0.230. The van der Waals surface area contributed by atoms with E-state index >= 15 is 0 Å². The van der Waals surface area contributed by atoms with Crippen LogP contribution in [0.4, 0.5) is 5.13 Å². The van der Waals surface area contributed by atoms with Crippen LogP contribution >= 0.6 is 11.3 Å². The van der Waals surface area contributed by atoms with Gasteiger partial charge in [0.1, 0.15) is 5.41 Å². The van der Waals surface area contributed by atoms with E-state index in [0.717, 1.165) is 10.2 Å². The summed E-state index contributed by atoms with van der Waals surface area (Å²) in [5.41, 5.74) is 0.0212. The fraction of sp³-hybridized carbons (Fsp3) is 0.357. The Morgan fingerprint density at radius 1 is 1.53 bits per heavy atom. The molecule has 1 N–H and O–H groups in total. The Morgan fingerprint density at radius 2 is 2.26 bits per heavy atom. The van der Waals surface area contributed by atoms with Crippen molar-refractivity contribution in [2.75, 3.05) is 5.32 Å². The number of benzene rings is 1. The Labute approximate surface area is 115 Å². The standard InChI is InChI=1S/C14H13N3OS/c1-9-6-14(7-9,8-15)12(18)17-13-16-10-4-2-3-5-11(10)19-13/h2-5,9H,6-7H2,1H3,(H,16,17,18). The normalized spacial score (nSPS) is 25.6. The molecule has 1 aromatic heterocycles. The molecule has 1 fully saturated rings. The molecule has 1 aliphatic carbocycles. The van der Waals surface area contributed by atoms with Crippen molar-refractivity contribution < 1.29 is 4.79 Å². The highest BCUT2D eigenvalue weighted by Gasteiger charge is 2.49. The van der Waals surface area contributed by atoms with Gasteiger partial charge in [0.25, 0.3) is 0 Å². The molecule has 3 rings (SSSR count). The highest BCUT2D eigenvalue weighted by molar-refractivity contribution is 7.22. The number of hydrogen-bond acceptors (Lipinski definition) is 4. The topological polar surface area (TPSA) is 65.8 Å². The van der Waals surface area contributed by atoms with E-state index in [1.54, 1.807) is 0 Å². The van der Waals surface area contributed by atoms with Crippen LogP contribution in [0.5, 0.6) is 0 Å². The number of carbonyl (C=O) groups is 1. The number of aromatic nitrogens is 1. The lowest BCUT2D eigenvalue weighted by molar-refractivity contribution is -0.128. The maximum atomic E-state index is 12.2. The summed E-state index contributed by atoms with van der Waals surface area (Å²) in [6, 6.07) is 9.90. The van der Waals surface area contributed by atoms with Crippen molar-refractivity contribution >= 4 is 32.6 Å².